The monoisotopic (exact) mass is 474 g/mol. The molecular weight excluding hydrogens is 457 g/mol. The molecule has 0 spiro atoms. The number of halogens is 4. The Morgan fingerprint density at radius 2 is 1.42 bits per heavy atom. The van der Waals surface area contributed by atoms with Crippen LogP contribution in [0.1, 0.15) is 26.3 Å². The Morgan fingerprint density at radius 3 is 1.90 bits per heavy atom. The zero-order valence-corrected chi connectivity index (χ0v) is 17.9. The number of hydrogen-bond donors (Lipinski definition) is 0. The van der Waals surface area contributed by atoms with Crippen molar-refractivity contribution in [3.8, 4) is 0 Å². The number of carbonyl (C=O) groups is 2. The third-order valence-electron chi connectivity index (χ3n) is 4.91. The molecular formula is C20H18ClF3N2O4S. The van der Waals surface area contributed by atoms with Gasteiger partial charge in [-0.1, -0.05) is 11.6 Å². The topological polar surface area (TPSA) is 74.8 Å². The number of amides is 2. The van der Waals surface area contributed by atoms with E-state index in [0.717, 1.165) is 30.5 Å². The molecule has 0 aliphatic carbocycles. The highest BCUT2D eigenvalue weighted by Crippen LogP contribution is 2.29. The third-order valence-corrected chi connectivity index (χ3v) is 6.35. The first kappa shape index (κ1) is 23.1. The highest BCUT2D eigenvalue weighted by atomic mass is 35.5. The molecule has 31 heavy (non-hydrogen) atoms. The zero-order valence-electron chi connectivity index (χ0n) is 16.3. The molecule has 2 aromatic rings. The molecule has 6 nitrogen and oxygen atoms in total. The second kappa shape index (κ2) is 8.51. The van der Waals surface area contributed by atoms with Crippen LogP contribution in [0, 0.1) is 0 Å². The van der Waals surface area contributed by atoms with Crippen molar-refractivity contribution in [3.63, 3.8) is 0 Å². The Morgan fingerprint density at radius 1 is 0.903 bits per heavy atom. The number of carbonyl (C=O) groups excluding carboxylic acids is 2. The van der Waals surface area contributed by atoms with E-state index in [9.17, 15) is 31.2 Å². The van der Waals surface area contributed by atoms with Crippen molar-refractivity contribution in [1.29, 1.82) is 0 Å². The molecule has 3 rings (SSSR count). The SMILES string of the molecule is CS(=O)(=O)c1ccc(Cl)c(C(=O)N2CCN(C(=O)c3ccc(C(F)(F)F)cc3)CC2)c1. The summed E-state index contributed by atoms with van der Waals surface area (Å²) >= 11 is 6.08. The second-order valence-corrected chi connectivity index (χ2v) is 9.50. The van der Waals surface area contributed by atoms with Crippen molar-refractivity contribution in [3.05, 3.63) is 64.2 Å². The Kier molecular flexibility index (Phi) is 6.33. The molecule has 1 aliphatic rings. The van der Waals surface area contributed by atoms with Crippen LogP contribution in [-0.2, 0) is 16.0 Å². The van der Waals surface area contributed by atoms with Crippen molar-refractivity contribution in [2.75, 3.05) is 32.4 Å². The van der Waals surface area contributed by atoms with E-state index in [1.54, 1.807) is 0 Å². The molecule has 0 saturated carbocycles. The summed E-state index contributed by atoms with van der Waals surface area (Å²) in [6.45, 7) is 0.694. The average molecular weight is 475 g/mol. The fourth-order valence-electron chi connectivity index (χ4n) is 3.17. The molecule has 0 unspecified atom stereocenters. The highest BCUT2D eigenvalue weighted by molar-refractivity contribution is 7.90. The first-order valence-electron chi connectivity index (χ1n) is 9.13. The fourth-order valence-corrected chi connectivity index (χ4v) is 4.01. The number of rotatable bonds is 3. The summed E-state index contributed by atoms with van der Waals surface area (Å²) in [7, 11) is -3.52. The van der Waals surface area contributed by atoms with Crippen molar-refractivity contribution >= 4 is 33.3 Å². The molecule has 0 aromatic heterocycles. The van der Waals surface area contributed by atoms with Gasteiger partial charge in [-0.2, -0.15) is 13.2 Å². The van der Waals surface area contributed by atoms with Crippen molar-refractivity contribution in [2.45, 2.75) is 11.1 Å². The van der Waals surface area contributed by atoms with E-state index in [0.29, 0.717) is 0 Å². The summed E-state index contributed by atoms with van der Waals surface area (Å²) in [5.74, 6) is -0.893. The minimum atomic E-state index is -4.48. The molecule has 1 aliphatic heterocycles. The van der Waals surface area contributed by atoms with Gasteiger partial charge in [0.1, 0.15) is 0 Å². The lowest BCUT2D eigenvalue weighted by Gasteiger charge is -2.35. The summed E-state index contributed by atoms with van der Waals surface area (Å²) in [6.07, 6.45) is -3.46. The van der Waals surface area contributed by atoms with Gasteiger partial charge in [-0.3, -0.25) is 9.59 Å². The Bertz CT molecular complexity index is 1110. The molecule has 166 valence electrons. The Balaban J connectivity index is 1.68. The summed E-state index contributed by atoms with van der Waals surface area (Å²) in [5.41, 5.74) is -0.670. The predicted octanol–water partition coefficient (Wildman–Crippen LogP) is 3.36. The maximum atomic E-state index is 12.8. The smallest absolute Gasteiger partial charge is 0.335 e. The lowest BCUT2D eigenvalue weighted by Crippen LogP contribution is -2.50. The number of benzene rings is 2. The molecule has 11 heteroatoms. The molecule has 0 N–H and O–H groups in total. The van der Waals surface area contributed by atoms with Gasteiger partial charge in [0.05, 0.1) is 21.0 Å². The number of sulfone groups is 1. The molecule has 1 heterocycles. The van der Waals surface area contributed by atoms with Crippen molar-refractivity contribution in [2.24, 2.45) is 0 Å². The van der Waals surface area contributed by atoms with Crippen LogP contribution < -0.4 is 0 Å². The number of piperazine rings is 1. The lowest BCUT2D eigenvalue weighted by molar-refractivity contribution is -0.137. The van der Waals surface area contributed by atoms with E-state index in [1.807, 2.05) is 0 Å². The number of alkyl halides is 3. The number of hydrogen-bond acceptors (Lipinski definition) is 4. The minimum absolute atomic E-state index is 0.0311. The van der Waals surface area contributed by atoms with Crippen LogP contribution in [0.4, 0.5) is 13.2 Å². The standard InChI is InChI=1S/C20H18ClF3N2O4S/c1-31(29,30)15-6-7-17(21)16(12-15)19(28)26-10-8-25(9-11-26)18(27)13-2-4-14(5-3-13)20(22,23)24/h2-7,12H,8-11H2,1H3. The van der Waals surface area contributed by atoms with Crippen molar-refractivity contribution < 1.29 is 31.2 Å². The van der Waals surface area contributed by atoms with Crippen LogP contribution >= 0.6 is 11.6 Å². The zero-order chi connectivity index (χ0) is 23.0. The van der Waals surface area contributed by atoms with E-state index >= 15 is 0 Å². The second-order valence-electron chi connectivity index (χ2n) is 7.07. The number of nitrogens with zero attached hydrogens (tertiary/aromatic N) is 2. The van der Waals surface area contributed by atoms with Crippen molar-refractivity contribution in [1.82, 2.24) is 9.80 Å². The van der Waals surface area contributed by atoms with Gasteiger partial charge in [-0.15, -0.1) is 0 Å². The normalized spacial score (nSPS) is 15.1. The van der Waals surface area contributed by atoms with Gasteiger partial charge in [0.2, 0.25) is 0 Å². The first-order valence-corrected chi connectivity index (χ1v) is 11.4. The predicted molar refractivity (Wildman–Crippen MR) is 108 cm³/mol. The average Bonchev–Trinajstić information content (AvgIpc) is 2.72. The lowest BCUT2D eigenvalue weighted by atomic mass is 10.1. The largest absolute Gasteiger partial charge is 0.416 e. The van der Waals surface area contributed by atoms with E-state index in [-0.39, 0.29) is 47.2 Å². The maximum Gasteiger partial charge on any atom is 0.416 e. The van der Waals surface area contributed by atoms with E-state index in [4.69, 9.17) is 11.6 Å². The molecule has 0 radical (unpaired) electrons. The van der Waals surface area contributed by atoms with Gasteiger partial charge in [0.25, 0.3) is 11.8 Å². The molecule has 0 atom stereocenters. The van der Waals surface area contributed by atoms with E-state index < -0.39 is 33.4 Å². The van der Waals surface area contributed by atoms with Crippen LogP contribution in [0.15, 0.2) is 47.4 Å². The van der Waals surface area contributed by atoms with Gasteiger partial charge < -0.3 is 9.80 Å². The van der Waals surface area contributed by atoms with Crippen LogP contribution in [0.3, 0.4) is 0 Å². The summed E-state index contributed by atoms with van der Waals surface area (Å²) in [6, 6.07) is 7.83. The third kappa shape index (κ3) is 5.19. The van der Waals surface area contributed by atoms with Gasteiger partial charge in [0, 0.05) is 38.0 Å². The molecule has 2 aromatic carbocycles. The maximum absolute atomic E-state index is 12.8. The Hall–Kier alpha value is -2.59. The first-order chi connectivity index (χ1) is 14.4. The molecule has 1 saturated heterocycles. The van der Waals surface area contributed by atoms with Gasteiger partial charge in [-0.05, 0) is 42.5 Å². The van der Waals surface area contributed by atoms with Gasteiger partial charge >= 0.3 is 6.18 Å². The van der Waals surface area contributed by atoms with Crippen LogP contribution in [0.2, 0.25) is 5.02 Å². The van der Waals surface area contributed by atoms with Crippen LogP contribution in [0.5, 0.6) is 0 Å². The van der Waals surface area contributed by atoms with Gasteiger partial charge in [0.15, 0.2) is 9.84 Å². The summed E-state index contributed by atoms with van der Waals surface area (Å²) < 4.78 is 61.5. The fraction of sp³-hybridized carbons (Fsp3) is 0.300. The Labute approximate surface area is 182 Å². The quantitative estimate of drug-likeness (QED) is 0.683. The van der Waals surface area contributed by atoms with Crippen LogP contribution in [-0.4, -0.2) is 62.5 Å². The van der Waals surface area contributed by atoms with E-state index in [2.05, 4.69) is 0 Å². The molecule has 2 amide bonds. The molecule has 1 fully saturated rings. The highest BCUT2D eigenvalue weighted by Gasteiger charge is 2.31. The van der Waals surface area contributed by atoms with E-state index in [1.165, 1.54) is 28.0 Å². The summed E-state index contributed by atoms with van der Waals surface area (Å²) in [4.78, 5) is 28.2. The van der Waals surface area contributed by atoms with Crippen LogP contribution in [0.25, 0.3) is 0 Å². The van der Waals surface area contributed by atoms with Gasteiger partial charge in [-0.25, -0.2) is 8.42 Å². The molecule has 0 bridgehead atoms. The minimum Gasteiger partial charge on any atom is -0.335 e. The summed E-state index contributed by atoms with van der Waals surface area (Å²) in [5, 5.41) is 0.112.